The van der Waals surface area contributed by atoms with Crippen LogP contribution >= 0.6 is 0 Å². The van der Waals surface area contributed by atoms with Crippen molar-refractivity contribution in [2.45, 2.75) is 6.92 Å². The molecule has 3 nitrogen and oxygen atoms in total. The summed E-state index contributed by atoms with van der Waals surface area (Å²) in [5, 5.41) is 3.79. The van der Waals surface area contributed by atoms with Gasteiger partial charge in [0.25, 0.3) is 5.91 Å². The molecule has 0 aliphatic heterocycles. The summed E-state index contributed by atoms with van der Waals surface area (Å²) in [7, 11) is 0. The minimum absolute atomic E-state index is 0.298. The molecule has 104 valence electrons. The highest BCUT2D eigenvalue weighted by atomic mass is 19.1. The number of rotatable bonds is 2. The van der Waals surface area contributed by atoms with Gasteiger partial charge >= 0.3 is 0 Å². The largest absolute Gasteiger partial charge is 0.306 e. The molecule has 0 aliphatic rings. The van der Waals surface area contributed by atoms with E-state index in [2.05, 4.69) is 10.3 Å². The van der Waals surface area contributed by atoms with Crippen LogP contribution in [-0.2, 0) is 0 Å². The second-order valence-electron chi connectivity index (χ2n) is 4.76. The van der Waals surface area contributed by atoms with Gasteiger partial charge in [-0.2, -0.15) is 0 Å². The predicted molar refractivity (Wildman–Crippen MR) is 80.8 cm³/mol. The number of nitrogens with zero attached hydrogens (tertiary/aromatic N) is 1. The van der Waals surface area contributed by atoms with E-state index in [9.17, 15) is 9.18 Å². The van der Waals surface area contributed by atoms with E-state index in [-0.39, 0.29) is 11.7 Å². The van der Waals surface area contributed by atoms with Gasteiger partial charge in [-0.25, -0.2) is 9.37 Å². The number of carbonyl (C=O) groups is 1. The smallest absolute Gasteiger partial charge is 0.257 e. The second kappa shape index (κ2) is 5.32. The number of amides is 1. The second-order valence-corrected chi connectivity index (χ2v) is 4.76. The maximum absolute atomic E-state index is 13.8. The third-order valence-electron chi connectivity index (χ3n) is 3.36. The van der Waals surface area contributed by atoms with Gasteiger partial charge in [0.1, 0.15) is 11.6 Å². The van der Waals surface area contributed by atoms with Gasteiger partial charge in [-0.05, 0) is 36.1 Å². The molecule has 0 saturated carbocycles. The van der Waals surface area contributed by atoms with Crippen molar-refractivity contribution in [3.63, 3.8) is 0 Å². The number of pyridine rings is 1. The number of fused-ring (bicyclic) bond motifs is 1. The third kappa shape index (κ3) is 2.48. The average molecular weight is 280 g/mol. The summed E-state index contributed by atoms with van der Waals surface area (Å²) >= 11 is 0. The van der Waals surface area contributed by atoms with Crippen LogP contribution in [0.15, 0.2) is 54.7 Å². The molecule has 4 heteroatoms. The number of hydrogen-bond acceptors (Lipinski definition) is 2. The average Bonchev–Trinajstić information content (AvgIpc) is 2.50. The Labute approximate surface area is 121 Å². The first-order valence-electron chi connectivity index (χ1n) is 6.57. The minimum atomic E-state index is -0.337. The zero-order valence-electron chi connectivity index (χ0n) is 11.4. The number of aryl methyl sites for hydroxylation is 1. The Balaban J connectivity index is 2.03. The fraction of sp³-hybridized carbons (Fsp3) is 0.0588. The van der Waals surface area contributed by atoms with Crippen LogP contribution in [0.5, 0.6) is 0 Å². The number of nitrogens with one attached hydrogen (secondary N) is 1. The summed E-state index contributed by atoms with van der Waals surface area (Å²) in [5.74, 6) is -0.125. The van der Waals surface area contributed by atoms with Crippen molar-refractivity contribution in [1.29, 1.82) is 0 Å². The van der Waals surface area contributed by atoms with Gasteiger partial charge in [0.05, 0.1) is 0 Å². The fourth-order valence-electron chi connectivity index (χ4n) is 2.25. The number of anilines is 1. The van der Waals surface area contributed by atoms with Gasteiger partial charge in [0.15, 0.2) is 0 Å². The highest BCUT2D eigenvalue weighted by Crippen LogP contribution is 2.23. The van der Waals surface area contributed by atoms with Crippen LogP contribution in [-0.4, -0.2) is 10.9 Å². The van der Waals surface area contributed by atoms with E-state index in [0.29, 0.717) is 22.2 Å². The summed E-state index contributed by atoms with van der Waals surface area (Å²) in [6.45, 7) is 1.87. The first kappa shape index (κ1) is 13.2. The summed E-state index contributed by atoms with van der Waals surface area (Å²) in [6.07, 6.45) is 1.62. The Bertz CT molecular complexity index is 830. The van der Waals surface area contributed by atoms with Crippen molar-refractivity contribution in [3.8, 4) is 0 Å². The van der Waals surface area contributed by atoms with Crippen LogP contribution in [0.3, 0.4) is 0 Å². The van der Waals surface area contributed by atoms with Crippen molar-refractivity contribution in [2.75, 3.05) is 5.32 Å². The molecular weight excluding hydrogens is 267 g/mol. The number of halogens is 1. The van der Waals surface area contributed by atoms with Crippen LogP contribution in [0.1, 0.15) is 15.9 Å². The first-order chi connectivity index (χ1) is 10.2. The van der Waals surface area contributed by atoms with Crippen LogP contribution in [0, 0.1) is 12.7 Å². The topological polar surface area (TPSA) is 42.0 Å². The Hall–Kier alpha value is -2.75. The summed E-state index contributed by atoms with van der Waals surface area (Å²) < 4.78 is 13.8. The molecule has 0 unspecified atom stereocenters. The molecule has 1 amide bonds. The van der Waals surface area contributed by atoms with E-state index < -0.39 is 0 Å². The third-order valence-corrected chi connectivity index (χ3v) is 3.36. The molecule has 0 atom stereocenters. The molecule has 1 aromatic heterocycles. The Morgan fingerprint density at radius 2 is 1.81 bits per heavy atom. The molecule has 3 aromatic rings. The SMILES string of the molecule is Cc1cccnc1NC(=O)c1ccc(F)c2ccccc12. The van der Waals surface area contributed by atoms with E-state index in [4.69, 9.17) is 0 Å². The molecule has 3 rings (SSSR count). The van der Waals surface area contributed by atoms with Crippen LogP contribution in [0.25, 0.3) is 10.8 Å². The molecule has 1 heterocycles. The van der Waals surface area contributed by atoms with E-state index in [1.165, 1.54) is 12.1 Å². The molecule has 0 saturated heterocycles. The quantitative estimate of drug-likeness (QED) is 0.772. The van der Waals surface area contributed by atoms with E-state index >= 15 is 0 Å². The number of hydrogen-bond donors (Lipinski definition) is 1. The molecule has 1 N–H and O–H groups in total. The highest BCUT2D eigenvalue weighted by molar-refractivity contribution is 6.12. The van der Waals surface area contributed by atoms with Crippen molar-refractivity contribution in [2.24, 2.45) is 0 Å². The van der Waals surface area contributed by atoms with Crippen molar-refractivity contribution in [3.05, 3.63) is 71.7 Å². The van der Waals surface area contributed by atoms with Gasteiger partial charge in [-0.3, -0.25) is 4.79 Å². The van der Waals surface area contributed by atoms with Gasteiger partial charge < -0.3 is 5.32 Å². The van der Waals surface area contributed by atoms with E-state index in [1.54, 1.807) is 36.5 Å². The Kier molecular flexibility index (Phi) is 3.36. The number of benzene rings is 2. The number of aromatic nitrogens is 1. The molecule has 0 radical (unpaired) electrons. The maximum Gasteiger partial charge on any atom is 0.257 e. The van der Waals surface area contributed by atoms with E-state index in [1.807, 2.05) is 13.0 Å². The normalized spacial score (nSPS) is 10.6. The van der Waals surface area contributed by atoms with Crippen LogP contribution in [0.4, 0.5) is 10.2 Å². The highest BCUT2D eigenvalue weighted by Gasteiger charge is 2.13. The summed E-state index contributed by atoms with van der Waals surface area (Å²) in [4.78, 5) is 16.6. The molecule has 2 aromatic carbocycles. The Morgan fingerprint density at radius 3 is 2.57 bits per heavy atom. The van der Waals surface area contributed by atoms with Crippen molar-refractivity contribution >= 4 is 22.5 Å². The van der Waals surface area contributed by atoms with Gasteiger partial charge in [-0.15, -0.1) is 0 Å². The predicted octanol–water partition coefficient (Wildman–Crippen LogP) is 3.93. The van der Waals surface area contributed by atoms with Crippen molar-refractivity contribution < 1.29 is 9.18 Å². The lowest BCUT2D eigenvalue weighted by molar-refractivity contribution is 0.102. The molecular formula is C17H13FN2O. The summed E-state index contributed by atoms with van der Waals surface area (Å²) in [6, 6.07) is 13.4. The fourth-order valence-corrected chi connectivity index (χ4v) is 2.25. The lowest BCUT2D eigenvalue weighted by Gasteiger charge is -2.09. The first-order valence-corrected chi connectivity index (χ1v) is 6.57. The molecule has 0 fully saturated rings. The van der Waals surface area contributed by atoms with Crippen molar-refractivity contribution in [1.82, 2.24) is 4.98 Å². The monoisotopic (exact) mass is 280 g/mol. The minimum Gasteiger partial charge on any atom is -0.306 e. The van der Waals surface area contributed by atoms with Gasteiger partial charge in [0, 0.05) is 17.1 Å². The molecule has 21 heavy (non-hydrogen) atoms. The Morgan fingerprint density at radius 1 is 1.05 bits per heavy atom. The maximum atomic E-state index is 13.8. The molecule has 0 spiro atoms. The van der Waals surface area contributed by atoms with Gasteiger partial charge in [0.2, 0.25) is 0 Å². The summed E-state index contributed by atoms with van der Waals surface area (Å²) in [5.41, 5.74) is 1.30. The van der Waals surface area contributed by atoms with Crippen LogP contribution < -0.4 is 5.32 Å². The van der Waals surface area contributed by atoms with Gasteiger partial charge in [-0.1, -0.05) is 30.3 Å². The van der Waals surface area contributed by atoms with E-state index in [0.717, 1.165) is 5.56 Å². The zero-order chi connectivity index (χ0) is 14.8. The standard InChI is InChI=1S/C17H13FN2O/c1-11-5-4-10-19-16(11)20-17(21)14-8-9-15(18)13-7-3-2-6-12(13)14/h2-10H,1H3,(H,19,20,21). The molecule has 0 bridgehead atoms. The van der Waals surface area contributed by atoms with Crippen LogP contribution in [0.2, 0.25) is 0 Å². The lowest BCUT2D eigenvalue weighted by atomic mass is 10.0. The number of carbonyl (C=O) groups excluding carboxylic acids is 1. The molecule has 0 aliphatic carbocycles. The lowest BCUT2D eigenvalue weighted by Crippen LogP contribution is -2.14. The zero-order valence-corrected chi connectivity index (χ0v) is 11.4.